The van der Waals surface area contributed by atoms with Crippen LogP contribution >= 0.6 is 24.8 Å². The van der Waals surface area contributed by atoms with E-state index in [-0.39, 0.29) is 36.8 Å². The summed E-state index contributed by atoms with van der Waals surface area (Å²) >= 11 is 0. The second-order valence-electron chi connectivity index (χ2n) is 8.21. The SMILES string of the molecule is CC(C)C[C@H](N)C(=O)NCCCCN1CCC(Cc2ccccc2)CC1.Cl.Cl. The molecule has 162 valence electrons. The van der Waals surface area contributed by atoms with E-state index in [1.165, 1.54) is 37.9 Å². The Morgan fingerprint density at radius 1 is 1.14 bits per heavy atom. The number of carbonyl (C=O) groups is 1. The van der Waals surface area contributed by atoms with Crippen LogP contribution in [0.25, 0.3) is 0 Å². The van der Waals surface area contributed by atoms with Crippen molar-refractivity contribution in [3.63, 3.8) is 0 Å². The lowest BCUT2D eigenvalue weighted by molar-refractivity contribution is -0.122. The van der Waals surface area contributed by atoms with E-state index in [9.17, 15) is 4.79 Å². The van der Waals surface area contributed by atoms with Gasteiger partial charge in [-0.05, 0) is 75.6 Å². The van der Waals surface area contributed by atoms with Crippen LogP contribution in [0.3, 0.4) is 0 Å². The first kappa shape index (κ1) is 27.2. The van der Waals surface area contributed by atoms with Gasteiger partial charge in [0.1, 0.15) is 0 Å². The molecule has 4 nitrogen and oxygen atoms in total. The lowest BCUT2D eigenvalue weighted by atomic mass is 9.90. The van der Waals surface area contributed by atoms with Crippen molar-refractivity contribution >= 4 is 30.7 Å². The maximum absolute atomic E-state index is 11.9. The smallest absolute Gasteiger partial charge is 0.236 e. The molecule has 28 heavy (non-hydrogen) atoms. The Kier molecular flexibility index (Phi) is 14.6. The lowest BCUT2D eigenvalue weighted by Crippen LogP contribution is -2.41. The van der Waals surface area contributed by atoms with Crippen molar-refractivity contribution in [2.45, 2.75) is 58.4 Å². The molecule has 6 heteroatoms. The largest absolute Gasteiger partial charge is 0.355 e. The molecule has 0 bridgehead atoms. The summed E-state index contributed by atoms with van der Waals surface area (Å²) in [6.07, 6.45) is 6.75. The van der Waals surface area contributed by atoms with E-state index in [0.29, 0.717) is 5.92 Å². The molecule has 0 unspecified atom stereocenters. The third-order valence-electron chi connectivity index (χ3n) is 5.34. The van der Waals surface area contributed by atoms with E-state index < -0.39 is 0 Å². The zero-order valence-electron chi connectivity index (χ0n) is 17.4. The standard InChI is InChI=1S/C22H37N3O.2ClH/c1-18(2)16-21(23)22(26)24-12-6-7-13-25-14-10-20(11-15-25)17-19-8-4-3-5-9-19;;/h3-5,8-9,18,20-21H,6-7,10-17,23H2,1-2H3,(H,24,26);2*1H/t21-;;/m0../s1. The molecule has 1 atom stereocenters. The molecule has 1 heterocycles. The van der Waals surface area contributed by atoms with Gasteiger partial charge in [0.05, 0.1) is 6.04 Å². The van der Waals surface area contributed by atoms with Gasteiger partial charge in [0.25, 0.3) is 0 Å². The number of rotatable bonds is 10. The summed E-state index contributed by atoms with van der Waals surface area (Å²) in [6, 6.07) is 10.5. The van der Waals surface area contributed by atoms with Crippen LogP contribution in [-0.2, 0) is 11.2 Å². The third kappa shape index (κ3) is 10.7. The molecule has 1 saturated heterocycles. The Morgan fingerprint density at radius 3 is 2.39 bits per heavy atom. The summed E-state index contributed by atoms with van der Waals surface area (Å²) in [6.45, 7) is 8.50. The van der Waals surface area contributed by atoms with Crippen molar-refractivity contribution in [2.24, 2.45) is 17.6 Å². The van der Waals surface area contributed by atoms with Gasteiger partial charge < -0.3 is 16.0 Å². The average molecular weight is 432 g/mol. The van der Waals surface area contributed by atoms with Crippen LogP contribution in [0.4, 0.5) is 0 Å². The Balaban J connectivity index is 0.00000364. The maximum Gasteiger partial charge on any atom is 0.236 e. The molecule has 1 aromatic rings. The van der Waals surface area contributed by atoms with Crippen LogP contribution in [0.2, 0.25) is 0 Å². The number of hydrogen-bond donors (Lipinski definition) is 2. The minimum absolute atomic E-state index is 0. The molecular formula is C22H39Cl2N3O. The molecule has 0 spiro atoms. The number of carbonyl (C=O) groups excluding carboxylic acids is 1. The summed E-state index contributed by atoms with van der Waals surface area (Å²) in [7, 11) is 0. The summed E-state index contributed by atoms with van der Waals surface area (Å²) in [5.74, 6) is 1.29. The van der Waals surface area contributed by atoms with Crippen molar-refractivity contribution in [2.75, 3.05) is 26.2 Å². The highest BCUT2D eigenvalue weighted by Crippen LogP contribution is 2.21. The second kappa shape index (κ2) is 15.1. The van der Waals surface area contributed by atoms with E-state index in [0.717, 1.165) is 38.3 Å². The summed E-state index contributed by atoms with van der Waals surface area (Å²) < 4.78 is 0. The van der Waals surface area contributed by atoms with Gasteiger partial charge in [0.2, 0.25) is 5.91 Å². The first-order valence-corrected chi connectivity index (χ1v) is 10.3. The highest BCUT2D eigenvalue weighted by Gasteiger charge is 2.19. The molecule has 3 N–H and O–H groups in total. The number of unbranched alkanes of at least 4 members (excludes halogenated alkanes) is 1. The Hall–Kier alpha value is -0.810. The fourth-order valence-electron chi connectivity index (χ4n) is 3.78. The molecule has 1 fully saturated rings. The molecule has 0 radical (unpaired) electrons. The first-order valence-electron chi connectivity index (χ1n) is 10.3. The van der Waals surface area contributed by atoms with Gasteiger partial charge >= 0.3 is 0 Å². The molecule has 1 amide bonds. The fourth-order valence-corrected chi connectivity index (χ4v) is 3.78. The Morgan fingerprint density at radius 2 is 1.79 bits per heavy atom. The predicted octanol–water partition coefficient (Wildman–Crippen LogP) is 4.05. The van der Waals surface area contributed by atoms with Crippen LogP contribution in [-0.4, -0.2) is 43.0 Å². The lowest BCUT2D eigenvalue weighted by Gasteiger charge is -2.32. The van der Waals surface area contributed by atoms with Crippen LogP contribution in [0.1, 0.15) is 51.5 Å². The number of piperidine rings is 1. The zero-order chi connectivity index (χ0) is 18.8. The van der Waals surface area contributed by atoms with Gasteiger partial charge in [0, 0.05) is 6.54 Å². The highest BCUT2D eigenvalue weighted by molar-refractivity contribution is 5.85. The number of likely N-dealkylation sites (tertiary alicyclic amines) is 1. The molecule has 1 aliphatic rings. The van der Waals surface area contributed by atoms with Crippen molar-refractivity contribution in [1.29, 1.82) is 0 Å². The van der Waals surface area contributed by atoms with Crippen LogP contribution in [0.5, 0.6) is 0 Å². The van der Waals surface area contributed by atoms with E-state index in [1.807, 2.05) is 0 Å². The molecule has 0 saturated carbocycles. The second-order valence-corrected chi connectivity index (χ2v) is 8.21. The van der Waals surface area contributed by atoms with Crippen molar-refractivity contribution < 1.29 is 4.79 Å². The molecule has 0 aromatic heterocycles. The van der Waals surface area contributed by atoms with Crippen molar-refractivity contribution in [1.82, 2.24) is 10.2 Å². The fraction of sp³-hybridized carbons (Fsp3) is 0.682. The van der Waals surface area contributed by atoms with Crippen molar-refractivity contribution in [3.8, 4) is 0 Å². The number of nitrogens with zero attached hydrogens (tertiary/aromatic N) is 1. The number of nitrogens with two attached hydrogens (primary N) is 1. The first-order chi connectivity index (χ1) is 12.5. The number of nitrogens with one attached hydrogen (secondary N) is 1. The molecule has 1 aromatic carbocycles. The molecule has 1 aliphatic heterocycles. The summed E-state index contributed by atoms with van der Waals surface area (Å²) in [5, 5.41) is 2.98. The van der Waals surface area contributed by atoms with E-state index in [1.54, 1.807) is 0 Å². The minimum atomic E-state index is -0.362. The average Bonchev–Trinajstić information content (AvgIpc) is 2.63. The van der Waals surface area contributed by atoms with Gasteiger partial charge in [-0.1, -0.05) is 44.2 Å². The van der Waals surface area contributed by atoms with Crippen LogP contribution in [0.15, 0.2) is 30.3 Å². The quantitative estimate of drug-likeness (QED) is 0.549. The summed E-state index contributed by atoms with van der Waals surface area (Å²) in [5.41, 5.74) is 7.37. The van der Waals surface area contributed by atoms with Gasteiger partial charge in [-0.25, -0.2) is 0 Å². The summed E-state index contributed by atoms with van der Waals surface area (Å²) in [4.78, 5) is 14.5. The Bertz CT molecular complexity index is 520. The van der Waals surface area contributed by atoms with Gasteiger partial charge in [-0.15, -0.1) is 24.8 Å². The van der Waals surface area contributed by atoms with Crippen molar-refractivity contribution in [3.05, 3.63) is 35.9 Å². The number of halogens is 2. The normalized spacial score (nSPS) is 16.1. The molecule has 2 rings (SSSR count). The highest BCUT2D eigenvalue weighted by atomic mass is 35.5. The number of hydrogen-bond acceptors (Lipinski definition) is 3. The number of benzene rings is 1. The van der Waals surface area contributed by atoms with E-state index in [2.05, 4.69) is 54.4 Å². The third-order valence-corrected chi connectivity index (χ3v) is 5.34. The minimum Gasteiger partial charge on any atom is -0.355 e. The number of amides is 1. The maximum atomic E-state index is 11.9. The zero-order valence-corrected chi connectivity index (χ0v) is 19.1. The Labute approximate surface area is 183 Å². The van der Waals surface area contributed by atoms with E-state index in [4.69, 9.17) is 5.73 Å². The predicted molar refractivity (Wildman–Crippen MR) is 123 cm³/mol. The van der Waals surface area contributed by atoms with Crippen LogP contribution < -0.4 is 11.1 Å². The van der Waals surface area contributed by atoms with Gasteiger partial charge in [0.15, 0.2) is 0 Å². The van der Waals surface area contributed by atoms with Gasteiger partial charge in [-0.3, -0.25) is 4.79 Å². The molecular weight excluding hydrogens is 393 g/mol. The van der Waals surface area contributed by atoms with Crippen LogP contribution in [0, 0.1) is 11.8 Å². The topological polar surface area (TPSA) is 58.4 Å². The monoisotopic (exact) mass is 431 g/mol. The van der Waals surface area contributed by atoms with Gasteiger partial charge in [-0.2, -0.15) is 0 Å². The van der Waals surface area contributed by atoms with E-state index >= 15 is 0 Å². The molecule has 0 aliphatic carbocycles.